The van der Waals surface area contributed by atoms with E-state index in [1.165, 1.54) is 0 Å². The number of aliphatic hydroxyl groups is 1. The Morgan fingerprint density at radius 1 is 1.39 bits per heavy atom. The van der Waals surface area contributed by atoms with Gasteiger partial charge in [-0.1, -0.05) is 6.92 Å². The normalized spacial score (nSPS) is 12.3. The molecule has 0 fully saturated rings. The van der Waals surface area contributed by atoms with E-state index in [0.29, 0.717) is 12.5 Å². The molecule has 1 unspecified atom stereocenters. The Balaban J connectivity index is 2.93. The van der Waals surface area contributed by atoms with E-state index in [4.69, 9.17) is 5.11 Å². The van der Waals surface area contributed by atoms with Crippen molar-refractivity contribution in [1.29, 1.82) is 0 Å². The van der Waals surface area contributed by atoms with Crippen LogP contribution < -0.4 is 5.32 Å². The third-order valence-corrected chi connectivity index (χ3v) is 2.35. The molecule has 1 atom stereocenters. The third kappa shape index (κ3) is 2.92. The zero-order valence-electron chi connectivity index (χ0n) is 9.51. The van der Waals surface area contributed by atoms with Crippen LogP contribution in [0, 0.1) is 17.5 Å². The van der Waals surface area contributed by atoms with Gasteiger partial charge in [-0.2, -0.15) is 4.39 Å². The highest BCUT2D eigenvalue weighted by atomic mass is 19.2. The minimum atomic E-state index is -1.75. The summed E-state index contributed by atoms with van der Waals surface area (Å²) >= 11 is 0. The Kier molecular flexibility index (Phi) is 4.55. The minimum absolute atomic E-state index is 0.158. The van der Waals surface area contributed by atoms with Crippen molar-refractivity contribution in [2.75, 3.05) is 6.54 Å². The van der Waals surface area contributed by atoms with Crippen molar-refractivity contribution in [3.8, 4) is 5.75 Å². The van der Waals surface area contributed by atoms with Crippen molar-refractivity contribution in [2.24, 2.45) is 0 Å². The molecule has 100 valence electrons. The van der Waals surface area contributed by atoms with E-state index in [1.54, 1.807) is 6.92 Å². The lowest BCUT2D eigenvalue weighted by atomic mass is 10.1. The Labute approximate surface area is 101 Å². The smallest absolute Gasteiger partial charge is 0.254 e. The van der Waals surface area contributed by atoms with Crippen molar-refractivity contribution >= 4 is 5.91 Å². The summed E-state index contributed by atoms with van der Waals surface area (Å²) < 4.78 is 39.0. The first-order valence-electron chi connectivity index (χ1n) is 5.21. The van der Waals surface area contributed by atoms with E-state index in [9.17, 15) is 23.1 Å². The van der Waals surface area contributed by atoms with Crippen LogP contribution in [0.25, 0.3) is 0 Å². The predicted molar refractivity (Wildman–Crippen MR) is 56.6 cm³/mol. The highest BCUT2D eigenvalue weighted by Crippen LogP contribution is 2.25. The van der Waals surface area contributed by atoms with Crippen LogP contribution in [0.5, 0.6) is 5.75 Å². The number of hydrogen-bond acceptors (Lipinski definition) is 3. The molecule has 0 saturated heterocycles. The van der Waals surface area contributed by atoms with Crippen molar-refractivity contribution < 1.29 is 28.2 Å². The van der Waals surface area contributed by atoms with E-state index in [-0.39, 0.29) is 6.54 Å². The zero-order chi connectivity index (χ0) is 13.9. The number of benzene rings is 1. The SMILES string of the molecule is CCC(O)CNC(=O)c1cc(F)c(F)c(O)c1F. The number of amides is 1. The molecular formula is C11H12F3NO3. The Bertz CT molecular complexity index is 465. The van der Waals surface area contributed by atoms with Crippen LogP contribution in [-0.2, 0) is 0 Å². The Morgan fingerprint density at radius 3 is 2.56 bits per heavy atom. The topological polar surface area (TPSA) is 69.6 Å². The van der Waals surface area contributed by atoms with Gasteiger partial charge in [0.15, 0.2) is 17.4 Å². The number of phenolic OH excluding ortho intramolecular Hbond substituents is 1. The maximum Gasteiger partial charge on any atom is 0.254 e. The van der Waals surface area contributed by atoms with Gasteiger partial charge >= 0.3 is 0 Å². The lowest BCUT2D eigenvalue weighted by Gasteiger charge is -2.10. The zero-order valence-corrected chi connectivity index (χ0v) is 9.51. The molecule has 0 bridgehead atoms. The van der Waals surface area contributed by atoms with Gasteiger partial charge in [0.05, 0.1) is 11.7 Å². The van der Waals surface area contributed by atoms with Gasteiger partial charge in [-0.3, -0.25) is 4.79 Å². The number of carbonyl (C=O) groups is 1. The molecule has 0 aliphatic rings. The number of carbonyl (C=O) groups excluding carboxylic acids is 1. The molecule has 18 heavy (non-hydrogen) atoms. The molecule has 1 amide bonds. The molecule has 7 heteroatoms. The summed E-state index contributed by atoms with van der Waals surface area (Å²) in [6.07, 6.45) is -0.456. The number of nitrogens with one attached hydrogen (secondary N) is 1. The summed E-state index contributed by atoms with van der Waals surface area (Å²) in [6, 6.07) is 0.345. The van der Waals surface area contributed by atoms with E-state index in [2.05, 4.69) is 5.32 Å². The second-order valence-corrected chi connectivity index (χ2v) is 3.65. The van der Waals surface area contributed by atoms with E-state index in [0.717, 1.165) is 0 Å². The van der Waals surface area contributed by atoms with E-state index in [1.807, 2.05) is 0 Å². The van der Waals surface area contributed by atoms with Gasteiger partial charge in [-0.25, -0.2) is 8.78 Å². The quantitative estimate of drug-likeness (QED) is 0.717. The van der Waals surface area contributed by atoms with Crippen LogP contribution in [0.4, 0.5) is 13.2 Å². The van der Waals surface area contributed by atoms with Crippen LogP contribution in [0.1, 0.15) is 23.7 Å². The van der Waals surface area contributed by atoms with Crippen LogP contribution in [0.15, 0.2) is 6.07 Å². The molecule has 3 N–H and O–H groups in total. The van der Waals surface area contributed by atoms with Crippen LogP contribution in [0.2, 0.25) is 0 Å². The molecule has 0 aromatic heterocycles. The number of halogens is 3. The molecule has 1 rings (SSSR count). The predicted octanol–water partition coefficient (Wildman–Crippen LogP) is 1.31. The second-order valence-electron chi connectivity index (χ2n) is 3.65. The highest BCUT2D eigenvalue weighted by molar-refractivity contribution is 5.95. The van der Waals surface area contributed by atoms with Gasteiger partial charge in [-0.15, -0.1) is 0 Å². The minimum Gasteiger partial charge on any atom is -0.503 e. The van der Waals surface area contributed by atoms with Gasteiger partial charge in [-0.05, 0) is 12.5 Å². The lowest BCUT2D eigenvalue weighted by Crippen LogP contribution is -2.32. The van der Waals surface area contributed by atoms with Gasteiger partial charge < -0.3 is 15.5 Å². The number of hydrogen-bond donors (Lipinski definition) is 3. The average Bonchev–Trinajstić information content (AvgIpc) is 2.37. The molecular weight excluding hydrogens is 251 g/mol. The van der Waals surface area contributed by atoms with Crippen LogP contribution >= 0.6 is 0 Å². The molecule has 0 aliphatic heterocycles. The first kappa shape index (κ1) is 14.3. The fraction of sp³-hybridized carbons (Fsp3) is 0.364. The highest BCUT2D eigenvalue weighted by Gasteiger charge is 2.22. The molecule has 0 saturated carbocycles. The third-order valence-electron chi connectivity index (χ3n) is 2.35. The average molecular weight is 263 g/mol. The summed E-state index contributed by atoms with van der Waals surface area (Å²) in [5.74, 6) is -7.42. The summed E-state index contributed by atoms with van der Waals surface area (Å²) in [7, 11) is 0. The lowest BCUT2D eigenvalue weighted by molar-refractivity contribution is 0.0908. The van der Waals surface area contributed by atoms with E-state index >= 15 is 0 Å². The van der Waals surface area contributed by atoms with E-state index < -0.39 is 40.8 Å². The fourth-order valence-electron chi connectivity index (χ4n) is 1.21. The Hall–Kier alpha value is -1.76. The van der Waals surface area contributed by atoms with Gasteiger partial charge in [0.2, 0.25) is 5.82 Å². The summed E-state index contributed by atoms with van der Waals surface area (Å²) in [5.41, 5.74) is -0.824. The second kappa shape index (κ2) is 5.72. The van der Waals surface area contributed by atoms with Crippen molar-refractivity contribution in [3.63, 3.8) is 0 Å². The molecule has 1 aromatic carbocycles. The van der Waals surface area contributed by atoms with Crippen LogP contribution in [0.3, 0.4) is 0 Å². The summed E-state index contributed by atoms with van der Waals surface area (Å²) in [5, 5.41) is 20.2. The van der Waals surface area contributed by atoms with Gasteiger partial charge in [0.25, 0.3) is 5.91 Å². The van der Waals surface area contributed by atoms with Gasteiger partial charge in [0.1, 0.15) is 0 Å². The fourth-order valence-corrected chi connectivity index (χ4v) is 1.21. The Morgan fingerprint density at radius 2 is 2.00 bits per heavy atom. The molecule has 0 aliphatic carbocycles. The van der Waals surface area contributed by atoms with Crippen molar-refractivity contribution in [3.05, 3.63) is 29.1 Å². The van der Waals surface area contributed by atoms with Crippen molar-refractivity contribution in [1.82, 2.24) is 5.32 Å². The summed E-state index contributed by atoms with van der Waals surface area (Å²) in [6.45, 7) is 1.51. The molecule has 1 aromatic rings. The molecule has 4 nitrogen and oxygen atoms in total. The molecule has 0 spiro atoms. The molecule has 0 radical (unpaired) electrons. The standard InChI is InChI=1S/C11H12F3NO3/c1-2-5(16)4-15-11(18)6-3-7(12)9(14)10(17)8(6)13/h3,5,16-17H,2,4H2,1H3,(H,15,18). The number of aliphatic hydroxyl groups excluding tert-OH is 1. The van der Waals surface area contributed by atoms with Crippen LogP contribution in [-0.4, -0.2) is 28.8 Å². The number of rotatable bonds is 4. The first-order valence-corrected chi connectivity index (χ1v) is 5.21. The molecule has 0 heterocycles. The monoisotopic (exact) mass is 263 g/mol. The first-order chi connectivity index (χ1) is 8.38. The largest absolute Gasteiger partial charge is 0.503 e. The number of phenols is 1. The summed E-state index contributed by atoms with van der Waals surface area (Å²) in [4.78, 5) is 11.4. The number of aromatic hydroxyl groups is 1. The maximum atomic E-state index is 13.3. The van der Waals surface area contributed by atoms with Gasteiger partial charge in [0, 0.05) is 6.54 Å². The maximum absolute atomic E-state index is 13.3. The van der Waals surface area contributed by atoms with Crippen molar-refractivity contribution in [2.45, 2.75) is 19.4 Å².